The SMILES string of the molecule is CC1=C(B2OC(C)(C)C(C)(C)O2)N(C)NN1. The Morgan fingerprint density at radius 3 is 2.00 bits per heavy atom. The Balaban J connectivity index is 2.24. The lowest BCUT2D eigenvalue weighted by Gasteiger charge is -2.32. The van der Waals surface area contributed by atoms with Crippen LogP contribution in [-0.4, -0.2) is 30.4 Å². The van der Waals surface area contributed by atoms with Gasteiger partial charge in [-0.05, 0) is 34.6 Å². The van der Waals surface area contributed by atoms with E-state index >= 15 is 0 Å². The van der Waals surface area contributed by atoms with E-state index in [1.807, 2.05) is 19.0 Å². The Morgan fingerprint density at radius 1 is 1.12 bits per heavy atom. The minimum atomic E-state index is -0.322. The highest BCUT2D eigenvalue weighted by atomic mass is 16.7. The molecule has 16 heavy (non-hydrogen) atoms. The van der Waals surface area contributed by atoms with Crippen LogP contribution in [0.15, 0.2) is 11.3 Å². The fourth-order valence-corrected chi connectivity index (χ4v) is 1.83. The molecule has 6 heteroatoms. The molecular formula is C10H20BN3O2. The number of nitrogens with zero attached hydrogens (tertiary/aromatic N) is 1. The summed E-state index contributed by atoms with van der Waals surface area (Å²) < 4.78 is 12.0. The van der Waals surface area contributed by atoms with Gasteiger partial charge >= 0.3 is 7.12 Å². The van der Waals surface area contributed by atoms with Gasteiger partial charge in [-0.1, -0.05) is 0 Å². The molecular weight excluding hydrogens is 205 g/mol. The molecule has 0 bridgehead atoms. The first-order valence-corrected chi connectivity index (χ1v) is 5.56. The average molecular weight is 225 g/mol. The zero-order chi connectivity index (χ0) is 12.1. The second kappa shape index (κ2) is 3.39. The third kappa shape index (κ3) is 1.61. The van der Waals surface area contributed by atoms with Crippen molar-refractivity contribution in [1.82, 2.24) is 16.0 Å². The summed E-state index contributed by atoms with van der Waals surface area (Å²) in [4.78, 5) is 0. The van der Waals surface area contributed by atoms with Gasteiger partial charge in [-0.15, -0.1) is 5.53 Å². The van der Waals surface area contributed by atoms with Crippen molar-refractivity contribution in [2.45, 2.75) is 45.8 Å². The van der Waals surface area contributed by atoms with Crippen molar-refractivity contribution in [3.05, 3.63) is 11.3 Å². The summed E-state index contributed by atoms with van der Waals surface area (Å²) in [5.74, 6) is 0. The second-order valence-corrected chi connectivity index (χ2v) is 5.39. The number of nitrogens with one attached hydrogen (secondary N) is 2. The van der Waals surface area contributed by atoms with Crippen molar-refractivity contribution in [3.8, 4) is 0 Å². The lowest BCUT2D eigenvalue weighted by Crippen LogP contribution is -2.41. The molecule has 0 aromatic rings. The molecule has 5 nitrogen and oxygen atoms in total. The van der Waals surface area contributed by atoms with Gasteiger partial charge < -0.3 is 14.7 Å². The Morgan fingerprint density at radius 2 is 1.62 bits per heavy atom. The molecule has 90 valence electrons. The van der Waals surface area contributed by atoms with Crippen molar-refractivity contribution in [3.63, 3.8) is 0 Å². The topological polar surface area (TPSA) is 45.8 Å². The summed E-state index contributed by atoms with van der Waals surface area (Å²) >= 11 is 0. The molecule has 0 unspecified atom stereocenters. The standard InChI is InChI=1S/C10H20BN3O2/c1-7-8(14(6)13-12-7)11-15-9(2,3)10(4,5)16-11/h12-13H,1-6H3. The zero-order valence-corrected chi connectivity index (χ0v) is 10.8. The Kier molecular flexibility index (Phi) is 2.49. The van der Waals surface area contributed by atoms with Crippen LogP contribution in [0.4, 0.5) is 0 Å². The van der Waals surface area contributed by atoms with Crippen LogP contribution in [0.2, 0.25) is 0 Å². The Hall–Kier alpha value is -0.715. The van der Waals surface area contributed by atoms with E-state index in [0.29, 0.717) is 0 Å². The van der Waals surface area contributed by atoms with Crippen LogP contribution in [0, 0.1) is 0 Å². The molecule has 2 N–H and O–H groups in total. The van der Waals surface area contributed by atoms with E-state index in [2.05, 4.69) is 38.7 Å². The highest BCUT2D eigenvalue weighted by Gasteiger charge is 2.54. The van der Waals surface area contributed by atoms with Gasteiger partial charge in [-0.3, -0.25) is 5.01 Å². The van der Waals surface area contributed by atoms with E-state index in [1.165, 1.54) is 0 Å². The molecule has 2 aliphatic rings. The largest absolute Gasteiger partial charge is 0.515 e. The smallest absolute Gasteiger partial charge is 0.398 e. The summed E-state index contributed by atoms with van der Waals surface area (Å²) in [6.07, 6.45) is 0. The van der Waals surface area contributed by atoms with E-state index < -0.39 is 0 Å². The van der Waals surface area contributed by atoms with Gasteiger partial charge in [0.2, 0.25) is 0 Å². The zero-order valence-electron chi connectivity index (χ0n) is 10.8. The molecule has 0 amide bonds. The molecule has 0 aliphatic carbocycles. The van der Waals surface area contributed by atoms with E-state index in [1.54, 1.807) is 0 Å². The normalized spacial score (nSPS) is 27.6. The lowest BCUT2D eigenvalue weighted by atomic mass is 9.83. The third-order valence-electron chi connectivity index (χ3n) is 3.63. The maximum absolute atomic E-state index is 5.99. The number of hydrogen-bond donors (Lipinski definition) is 2. The monoisotopic (exact) mass is 225 g/mol. The molecule has 0 spiro atoms. The minimum absolute atomic E-state index is 0.297. The van der Waals surface area contributed by atoms with Crippen LogP contribution >= 0.6 is 0 Å². The second-order valence-electron chi connectivity index (χ2n) is 5.39. The van der Waals surface area contributed by atoms with E-state index in [0.717, 1.165) is 11.3 Å². The highest BCUT2D eigenvalue weighted by molar-refractivity contribution is 6.54. The summed E-state index contributed by atoms with van der Waals surface area (Å²) in [6.45, 7) is 10.2. The highest BCUT2D eigenvalue weighted by Crippen LogP contribution is 2.39. The van der Waals surface area contributed by atoms with Gasteiger partial charge in [0.15, 0.2) is 0 Å². The number of hydrogen-bond acceptors (Lipinski definition) is 5. The van der Waals surface area contributed by atoms with Crippen LogP contribution in [0.25, 0.3) is 0 Å². The summed E-state index contributed by atoms with van der Waals surface area (Å²) in [6, 6.07) is 0. The summed E-state index contributed by atoms with van der Waals surface area (Å²) in [5.41, 5.74) is 7.48. The number of hydrazine groups is 2. The fraction of sp³-hybridized carbons (Fsp3) is 0.800. The van der Waals surface area contributed by atoms with Gasteiger partial charge in [-0.2, -0.15) is 0 Å². The van der Waals surface area contributed by atoms with Gasteiger partial charge in [0.05, 0.1) is 16.8 Å². The molecule has 1 fully saturated rings. The molecule has 0 aromatic heterocycles. The van der Waals surface area contributed by atoms with Crippen molar-refractivity contribution in [2.24, 2.45) is 0 Å². The molecule has 0 radical (unpaired) electrons. The third-order valence-corrected chi connectivity index (χ3v) is 3.63. The molecule has 1 saturated heterocycles. The first-order valence-electron chi connectivity index (χ1n) is 5.56. The van der Waals surface area contributed by atoms with E-state index in [9.17, 15) is 0 Å². The Labute approximate surface area is 97.2 Å². The molecule has 0 saturated carbocycles. The van der Waals surface area contributed by atoms with E-state index in [-0.39, 0.29) is 18.3 Å². The minimum Gasteiger partial charge on any atom is -0.398 e. The summed E-state index contributed by atoms with van der Waals surface area (Å²) in [7, 11) is 1.61. The van der Waals surface area contributed by atoms with Crippen molar-refractivity contribution >= 4 is 7.12 Å². The molecule has 2 rings (SSSR count). The maximum atomic E-state index is 5.99. The Bertz CT molecular complexity index is 325. The van der Waals surface area contributed by atoms with Gasteiger partial charge in [-0.25, -0.2) is 0 Å². The lowest BCUT2D eigenvalue weighted by molar-refractivity contribution is 0.00578. The van der Waals surface area contributed by atoms with Crippen molar-refractivity contribution in [2.75, 3.05) is 7.05 Å². The van der Waals surface area contributed by atoms with Crippen LogP contribution in [0.5, 0.6) is 0 Å². The predicted molar refractivity (Wildman–Crippen MR) is 62.8 cm³/mol. The first-order chi connectivity index (χ1) is 7.24. The average Bonchev–Trinajstić information content (AvgIpc) is 2.52. The van der Waals surface area contributed by atoms with Gasteiger partial charge in [0.1, 0.15) is 0 Å². The first kappa shape index (κ1) is 11.8. The fourth-order valence-electron chi connectivity index (χ4n) is 1.83. The van der Waals surface area contributed by atoms with Crippen LogP contribution < -0.4 is 11.0 Å². The molecule has 2 heterocycles. The van der Waals surface area contributed by atoms with Crippen LogP contribution in [0.1, 0.15) is 34.6 Å². The quantitative estimate of drug-likeness (QED) is 0.646. The summed E-state index contributed by atoms with van der Waals surface area (Å²) in [5, 5.41) is 1.89. The molecule has 2 aliphatic heterocycles. The van der Waals surface area contributed by atoms with Crippen LogP contribution in [-0.2, 0) is 9.31 Å². The van der Waals surface area contributed by atoms with Crippen molar-refractivity contribution in [1.29, 1.82) is 0 Å². The van der Waals surface area contributed by atoms with Gasteiger partial charge in [0, 0.05) is 12.7 Å². The van der Waals surface area contributed by atoms with Gasteiger partial charge in [0.25, 0.3) is 0 Å². The van der Waals surface area contributed by atoms with Crippen molar-refractivity contribution < 1.29 is 9.31 Å². The predicted octanol–water partition coefficient (Wildman–Crippen LogP) is 0.804. The number of allylic oxidation sites excluding steroid dienone is 1. The molecule has 0 aromatic carbocycles. The number of rotatable bonds is 1. The van der Waals surface area contributed by atoms with E-state index in [4.69, 9.17) is 9.31 Å². The maximum Gasteiger partial charge on any atom is 0.515 e. The van der Waals surface area contributed by atoms with Crippen LogP contribution in [0.3, 0.4) is 0 Å². The molecule has 0 atom stereocenters.